The van der Waals surface area contributed by atoms with Crippen molar-refractivity contribution in [3.63, 3.8) is 0 Å². The maximum absolute atomic E-state index is 12.1. The van der Waals surface area contributed by atoms with Gasteiger partial charge in [-0.25, -0.2) is 4.79 Å². The van der Waals surface area contributed by atoms with Crippen LogP contribution in [0.25, 0.3) is 0 Å². The molecular weight excluding hydrogens is 348 g/mol. The molecule has 0 saturated heterocycles. The van der Waals surface area contributed by atoms with Crippen LogP contribution < -0.4 is 15.8 Å². The SMILES string of the molecule is Cc1ccc(C)c(OCC(=O)O[C@H](C)C(=O)Nc2ccc(C(N)=O)cc2)c1. The molecule has 0 aromatic heterocycles. The standard InChI is InChI=1S/C20H22N2O5/c1-12-4-5-13(2)17(10-12)26-11-18(23)27-14(3)20(25)22-16-8-6-15(7-9-16)19(21)24/h4-10,14H,11H2,1-3H3,(H2,21,24)(H,22,25)/t14-/m1/s1. The summed E-state index contributed by atoms with van der Waals surface area (Å²) in [6, 6.07) is 11.7. The maximum atomic E-state index is 12.1. The molecule has 0 bridgehead atoms. The minimum Gasteiger partial charge on any atom is -0.482 e. The third-order valence-electron chi connectivity index (χ3n) is 3.80. The fourth-order valence-corrected chi connectivity index (χ4v) is 2.25. The highest BCUT2D eigenvalue weighted by molar-refractivity contribution is 5.96. The number of nitrogens with one attached hydrogen (secondary N) is 1. The second-order valence-electron chi connectivity index (χ2n) is 6.12. The Hall–Kier alpha value is -3.35. The van der Waals surface area contributed by atoms with Gasteiger partial charge in [0.15, 0.2) is 12.7 Å². The van der Waals surface area contributed by atoms with Crippen LogP contribution in [-0.4, -0.2) is 30.5 Å². The Morgan fingerprint density at radius 1 is 1.07 bits per heavy atom. The molecule has 0 unspecified atom stereocenters. The van der Waals surface area contributed by atoms with Crippen molar-refractivity contribution in [3.8, 4) is 5.75 Å². The molecule has 3 N–H and O–H groups in total. The monoisotopic (exact) mass is 370 g/mol. The lowest BCUT2D eigenvalue weighted by Gasteiger charge is -2.14. The van der Waals surface area contributed by atoms with Gasteiger partial charge in [-0.1, -0.05) is 12.1 Å². The molecule has 1 atom stereocenters. The van der Waals surface area contributed by atoms with Gasteiger partial charge in [-0.05, 0) is 62.2 Å². The Morgan fingerprint density at radius 2 is 1.74 bits per heavy atom. The Balaban J connectivity index is 1.85. The van der Waals surface area contributed by atoms with Crippen LogP contribution in [0.1, 0.15) is 28.4 Å². The van der Waals surface area contributed by atoms with E-state index in [0.717, 1.165) is 11.1 Å². The smallest absolute Gasteiger partial charge is 0.344 e. The fourth-order valence-electron chi connectivity index (χ4n) is 2.25. The molecule has 2 rings (SSSR count). The molecule has 142 valence electrons. The van der Waals surface area contributed by atoms with Gasteiger partial charge in [-0.3, -0.25) is 9.59 Å². The summed E-state index contributed by atoms with van der Waals surface area (Å²) >= 11 is 0. The third-order valence-corrected chi connectivity index (χ3v) is 3.80. The molecule has 2 aromatic carbocycles. The zero-order chi connectivity index (χ0) is 20.0. The number of carbonyl (C=O) groups excluding carboxylic acids is 3. The average Bonchev–Trinajstić information content (AvgIpc) is 2.62. The fraction of sp³-hybridized carbons (Fsp3) is 0.250. The molecule has 0 aliphatic rings. The second-order valence-corrected chi connectivity index (χ2v) is 6.12. The topological polar surface area (TPSA) is 108 Å². The Labute approximate surface area is 157 Å². The zero-order valence-electron chi connectivity index (χ0n) is 15.4. The van der Waals surface area contributed by atoms with Crippen LogP contribution in [-0.2, 0) is 14.3 Å². The van der Waals surface area contributed by atoms with Gasteiger partial charge in [-0.15, -0.1) is 0 Å². The van der Waals surface area contributed by atoms with E-state index in [2.05, 4.69) is 5.32 Å². The van der Waals surface area contributed by atoms with Gasteiger partial charge >= 0.3 is 5.97 Å². The average molecular weight is 370 g/mol. The Bertz CT molecular complexity index is 846. The summed E-state index contributed by atoms with van der Waals surface area (Å²) in [4.78, 5) is 35.1. The third kappa shape index (κ3) is 5.85. The lowest BCUT2D eigenvalue weighted by Crippen LogP contribution is -2.31. The Kier molecular flexibility index (Phi) is 6.54. The lowest BCUT2D eigenvalue weighted by molar-refractivity contribution is -0.155. The number of esters is 1. The van der Waals surface area contributed by atoms with Crippen molar-refractivity contribution in [2.24, 2.45) is 5.73 Å². The first-order valence-corrected chi connectivity index (χ1v) is 8.36. The molecule has 0 aliphatic heterocycles. The van der Waals surface area contributed by atoms with Gasteiger partial charge in [0.05, 0.1) is 0 Å². The number of anilines is 1. The minimum atomic E-state index is -1.00. The summed E-state index contributed by atoms with van der Waals surface area (Å²) in [5.74, 6) is -1.11. The first-order valence-electron chi connectivity index (χ1n) is 8.36. The summed E-state index contributed by atoms with van der Waals surface area (Å²) in [5.41, 5.74) is 7.86. The van der Waals surface area contributed by atoms with E-state index >= 15 is 0 Å². The molecule has 2 aromatic rings. The van der Waals surface area contributed by atoms with Gasteiger partial charge in [-0.2, -0.15) is 0 Å². The van der Waals surface area contributed by atoms with E-state index in [1.165, 1.54) is 31.2 Å². The maximum Gasteiger partial charge on any atom is 0.344 e. The van der Waals surface area contributed by atoms with Crippen molar-refractivity contribution in [2.75, 3.05) is 11.9 Å². The molecule has 0 aliphatic carbocycles. The van der Waals surface area contributed by atoms with Gasteiger partial charge in [0.1, 0.15) is 5.75 Å². The number of nitrogens with two attached hydrogens (primary N) is 1. The molecule has 0 heterocycles. The Morgan fingerprint density at radius 3 is 2.37 bits per heavy atom. The number of benzene rings is 2. The molecule has 0 radical (unpaired) electrons. The second kappa shape index (κ2) is 8.84. The molecule has 2 amide bonds. The number of aryl methyl sites for hydroxylation is 2. The molecule has 0 fully saturated rings. The number of carbonyl (C=O) groups is 3. The first-order chi connectivity index (χ1) is 12.8. The lowest BCUT2D eigenvalue weighted by atomic mass is 10.1. The van der Waals surface area contributed by atoms with Crippen molar-refractivity contribution in [3.05, 3.63) is 59.2 Å². The number of amides is 2. The van der Waals surface area contributed by atoms with E-state index in [4.69, 9.17) is 15.2 Å². The van der Waals surface area contributed by atoms with Crippen molar-refractivity contribution >= 4 is 23.5 Å². The highest BCUT2D eigenvalue weighted by Crippen LogP contribution is 2.19. The molecule has 7 heteroatoms. The molecule has 27 heavy (non-hydrogen) atoms. The highest BCUT2D eigenvalue weighted by atomic mass is 16.6. The van der Waals surface area contributed by atoms with Crippen LogP contribution in [0.2, 0.25) is 0 Å². The first kappa shape index (κ1) is 20.0. The number of rotatable bonds is 7. The van der Waals surface area contributed by atoms with Crippen molar-refractivity contribution in [1.29, 1.82) is 0 Å². The summed E-state index contributed by atoms with van der Waals surface area (Å²) < 4.78 is 10.6. The molecular formula is C20H22N2O5. The van der Waals surface area contributed by atoms with Gasteiger partial charge in [0.2, 0.25) is 5.91 Å². The minimum absolute atomic E-state index is 0.296. The zero-order valence-corrected chi connectivity index (χ0v) is 15.4. The number of ether oxygens (including phenoxy) is 2. The van der Waals surface area contributed by atoms with Crippen LogP contribution in [0, 0.1) is 13.8 Å². The van der Waals surface area contributed by atoms with E-state index in [-0.39, 0.29) is 6.61 Å². The van der Waals surface area contributed by atoms with E-state index < -0.39 is 23.9 Å². The number of hydrogen-bond donors (Lipinski definition) is 2. The highest BCUT2D eigenvalue weighted by Gasteiger charge is 2.18. The normalized spacial score (nSPS) is 11.4. The van der Waals surface area contributed by atoms with Crippen molar-refractivity contribution < 1.29 is 23.9 Å². The number of primary amides is 1. The largest absolute Gasteiger partial charge is 0.482 e. The van der Waals surface area contributed by atoms with Crippen LogP contribution >= 0.6 is 0 Å². The van der Waals surface area contributed by atoms with Gasteiger partial charge in [0, 0.05) is 11.3 Å². The van der Waals surface area contributed by atoms with Gasteiger partial charge < -0.3 is 20.5 Å². The predicted molar refractivity (Wildman–Crippen MR) is 101 cm³/mol. The molecule has 0 saturated carbocycles. The van der Waals surface area contributed by atoms with E-state index in [9.17, 15) is 14.4 Å². The van der Waals surface area contributed by atoms with E-state index in [1.807, 2.05) is 32.0 Å². The molecule has 7 nitrogen and oxygen atoms in total. The van der Waals surface area contributed by atoms with Crippen molar-refractivity contribution in [2.45, 2.75) is 26.9 Å². The van der Waals surface area contributed by atoms with Crippen LogP contribution in [0.4, 0.5) is 5.69 Å². The summed E-state index contributed by atoms with van der Waals surface area (Å²) in [6.07, 6.45) is -1.00. The quantitative estimate of drug-likeness (QED) is 0.728. The van der Waals surface area contributed by atoms with Crippen LogP contribution in [0.3, 0.4) is 0 Å². The van der Waals surface area contributed by atoms with E-state index in [0.29, 0.717) is 17.0 Å². The van der Waals surface area contributed by atoms with Crippen LogP contribution in [0.15, 0.2) is 42.5 Å². The summed E-state index contributed by atoms with van der Waals surface area (Å²) in [7, 11) is 0. The number of hydrogen-bond acceptors (Lipinski definition) is 5. The van der Waals surface area contributed by atoms with Crippen molar-refractivity contribution in [1.82, 2.24) is 0 Å². The van der Waals surface area contributed by atoms with Gasteiger partial charge in [0.25, 0.3) is 5.91 Å². The predicted octanol–water partition coefficient (Wildman–Crippen LogP) is 2.35. The van der Waals surface area contributed by atoms with Crippen LogP contribution in [0.5, 0.6) is 5.75 Å². The summed E-state index contributed by atoms with van der Waals surface area (Å²) in [6.45, 7) is 4.96. The van der Waals surface area contributed by atoms with E-state index in [1.54, 1.807) is 0 Å². The molecule has 0 spiro atoms. The summed E-state index contributed by atoms with van der Waals surface area (Å²) in [5, 5.41) is 2.59.